The van der Waals surface area contributed by atoms with Crippen LogP contribution in [0.4, 0.5) is 5.69 Å². The fraction of sp³-hybridized carbons (Fsp3) is 0.312. The molecule has 1 aromatic carbocycles. The highest BCUT2D eigenvalue weighted by Gasteiger charge is 2.37. The number of methoxy groups -OCH3 is 1. The molecule has 1 fully saturated rings. The lowest BCUT2D eigenvalue weighted by Crippen LogP contribution is -2.61. The molecule has 2 aromatic rings. The van der Waals surface area contributed by atoms with Crippen LogP contribution in [-0.4, -0.2) is 30.8 Å². The Labute approximate surface area is 119 Å². The van der Waals surface area contributed by atoms with E-state index < -0.39 is 0 Å². The van der Waals surface area contributed by atoms with E-state index in [2.05, 4.69) is 16.8 Å². The van der Waals surface area contributed by atoms with Crippen molar-refractivity contribution in [2.45, 2.75) is 19.1 Å². The van der Waals surface area contributed by atoms with Crippen molar-refractivity contribution in [3.63, 3.8) is 0 Å². The zero-order valence-electron chi connectivity index (χ0n) is 11.7. The lowest BCUT2D eigenvalue weighted by Gasteiger charge is -2.47. The molecule has 0 aliphatic carbocycles. The number of pyridine rings is 1. The van der Waals surface area contributed by atoms with E-state index in [0.29, 0.717) is 11.9 Å². The van der Waals surface area contributed by atoms with Gasteiger partial charge in [-0.3, -0.25) is 0 Å². The van der Waals surface area contributed by atoms with Crippen LogP contribution in [0.5, 0.6) is 11.6 Å². The van der Waals surface area contributed by atoms with Gasteiger partial charge in [-0.15, -0.1) is 0 Å². The number of benzene rings is 1. The molecule has 0 radical (unpaired) electrons. The second kappa shape index (κ2) is 5.41. The number of anilines is 1. The number of aromatic nitrogens is 1. The van der Waals surface area contributed by atoms with Gasteiger partial charge in [-0.2, -0.15) is 0 Å². The molecular formula is C16H18N2O2. The van der Waals surface area contributed by atoms with E-state index in [0.717, 1.165) is 18.0 Å². The first-order valence-electron chi connectivity index (χ1n) is 6.76. The number of rotatable bonds is 4. The first-order valence-corrected chi connectivity index (χ1v) is 6.76. The highest BCUT2D eigenvalue weighted by atomic mass is 16.5. The fourth-order valence-electron chi connectivity index (χ4n) is 2.39. The lowest BCUT2D eigenvalue weighted by molar-refractivity contribution is 0.124. The van der Waals surface area contributed by atoms with Crippen molar-refractivity contribution in [3.05, 3.63) is 48.7 Å². The molecule has 1 aromatic heterocycles. The molecule has 20 heavy (non-hydrogen) atoms. The quantitative estimate of drug-likeness (QED) is 0.855. The first kappa shape index (κ1) is 12.8. The van der Waals surface area contributed by atoms with Crippen molar-refractivity contribution < 1.29 is 9.47 Å². The van der Waals surface area contributed by atoms with Gasteiger partial charge >= 0.3 is 0 Å². The molecule has 2 heterocycles. The molecule has 0 N–H and O–H groups in total. The van der Waals surface area contributed by atoms with Gasteiger partial charge in [0.1, 0.15) is 11.9 Å². The SMILES string of the molecule is COc1ccc(N2CC(Oc3ccccc3)C2C)cn1. The maximum absolute atomic E-state index is 5.97. The van der Waals surface area contributed by atoms with Crippen LogP contribution >= 0.6 is 0 Å². The molecule has 2 atom stereocenters. The summed E-state index contributed by atoms with van der Waals surface area (Å²) >= 11 is 0. The highest BCUT2D eigenvalue weighted by Crippen LogP contribution is 2.29. The Hall–Kier alpha value is -2.23. The Morgan fingerprint density at radius 2 is 1.95 bits per heavy atom. The van der Waals surface area contributed by atoms with Gasteiger partial charge in [0.25, 0.3) is 0 Å². The number of hydrogen-bond acceptors (Lipinski definition) is 4. The second-order valence-electron chi connectivity index (χ2n) is 4.92. The Kier molecular flexibility index (Phi) is 3.46. The Balaban J connectivity index is 1.62. The second-order valence-corrected chi connectivity index (χ2v) is 4.92. The summed E-state index contributed by atoms with van der Waals surface area (Å²) in [5, 5.41) is 0. The normalized spacial score (nSPS) is 21.2. The predicted octanol–water partition coefficient (Wildman–Crippen LogP) is 2.75. The third-order valence-electron chi connectivity index (χ3n) is 3.70. The van der Waals surface area contributed by atoms with Crippen molar-refractivity contribution >= 4 is 5.69 Å². The maximum atomic E-state index is 5.97. The molecule has 1 aliphatic heterocycles. The van der Waals surface area contributed by atoms with Gasteiger partial charge < -0.3 is 14.4 Å². The van der Waals surface area contributed by atoms with Gasteiger partial charge in [-0.05, 0) is 25.1 Å². The molecule has 104 valence electrons. The van der Waals surface area contributed by atoms with Crippen molar-refractivity contribution in [2.75, 3.05) is 18.6 Å². The van der Waals surface area contributed by atoms with Gasteiger partial charge in [0.05, 0.1) is 31.6 Å². The molecule has 4 nitrogen and oxygen atoms in total. The van der Waals surface area contributed by atoms with E-state index in [-0.39, 0.29) is 6.10 Å². The number of hydrogen-bond donors (Lipinski definition) is 0. The molecule has 4 heteroatoms. The lowest BCUT2D eigenvalue weighted by atomic mass is 10.00. The van der Waals surface area contributed by atoms with Crippen LogP contribution in [0.3, 0.4) is 0 Å². The molecule has 1 aliphatic rings. The highest BCUT2D eigenvalue weighted by molar-refractivity contribution is 5.50. The average molecular weight is 270 g/mol. The van der Waals surface area contributed by atoms with E-state index in [1.165, 1.54) is 0 Å². The Morgan fingerprint density at radius 3 is 2.55 bits per heavy atom. The summed E-state index contributed by atoms with van der Waals surface area (Å²) in [6, 6.07) is 14.2. The van der Waals surface area contributed by atoms with Crippen LogP contribution in [0.2, 0.25) is 0 Å². The standard InChI is InChI=1S/C16H18N2O2/c1-12-15(20-14-6-4-3-5-7-14)11-18(12)13-8-9-16(19-2)17-10-13/h3-10,12,15H,11H2,1-2H3. The van der Waals surface area contributed by atoms with Gasteiger partial charge in [0.2, 0.25) is 5.88 Å². The largest absolute Gasteiger partial charge is 0.486 e. The molecule has 2 unspecified atom stereocenters. The summed E-state index contributed by atoms with van der Waals surface area (Å²) in [6.45, 7) is 3.05. The fourth-order valence-corrected chi connectivity index (χ4v) is 2.39. The third-order valence-corrected chi connectivity index (χ3v) is 3.70. The summed E-state index contributed by atoms with van der Waals surface area (Å²) < 4.78 is 11.0. The molecule has 1 saturated heterocycles. The van der Waals surface area contributed by atoms with Gasteiger partial charge in [-0.1, -0.05) is 18.2 Å². The maximum Gasteiger partial charge on any atom is 0.213 e. The summed E-state index contributed by atoms with van der Waals surface area (Å²) in [5.74, 6) is 1.57. The summed E-state index contributed by atoms with van der Waals surface area (Å²) in [5.41, 5.74) is 1.10. The van der Waals surface area contributed by atoms with Crippen molar-refractivity contribution in [3.8, 4) is 11.6 Å². The minimum absolute atomic E-state index is 0.222. The molecule has 0 saturated carbocycles. The van der Waals surface area contributed by atoms with Crippen LogP contribution in [0.1, 0.15) is 6.92 Å². The number of nitrogens with zero attached hydrogens (tertiary/aromatic N) is 2. The zero-order chi connectivity index (χ0) is 13.9. The van der Waals surface area contributed by atoms with Gasteiger partial charge in [0, 0.05) is 6.07 Å². The molecule has 3 rings (SSSR count). The van der Waals surface area contributed by atoms with E-state index in [4.69, 9.17) is 9.47 Å². The van der Waals surface area contributed by atoms with Crippen LogP contribution in [0.25, 0.3) is 0 Å². The molecule has 0 bridgehead atoms. The van der Waals surface area contributed by atoms with Crippen molar-refractivity contribution in [2.24, 2.45) is 0 Å². The van der Waals surface area contributed by atoms with Crippen LogP contribution in [-0.2, 0) is 0 Å². The minimum atomic E-state index is 0.222. The molecular weight excluding hydrogens is 252 g/mol. The molecule has 0 amide bonds. The van der Waals surface area contributed by atoms with Crippen LogP contribution in [0.15, 0.2) is 48.7 Å². The molecule has 0 spiro atoms. The van der Waals surface area contributed by atoms with Crippen LogP contribution < -0.4 is 14.4 Å². The predicted molar refractivity (Wildman–Crippen MR) is 78.5 cm³/mol. The first-order chi connectivity index (χ1) is 9.78. The van der Waals surface area contributed by atoms with E-state index in [9.17, 15) is 0 Å². The van der Waals surface area contributed by atoms with E-state index in [1.807, 2.05) is 48.7 Å². The topological polar surface area (TPSA) is 34.6 Å². The minimum Gasteiger partial charge on any atom is -0.486 e. The average Bonchev–Trinajstić information content (AvgIpc) is 2.52. The van der Waals surface area contributed by atoms with Crippen LogP contribution in [0, 0.1) is 0 Å². The van der Waals surface area contributed by atoms with Gasteiger partial charge in [0.15, 0.2) is 0 Å². The van der Waals surface area contributed by atoms with E-state index in [1.54, 1.807) is 7.11 Å². The van der Waals surface area contributed by atoms with Gasteiger partial charge in [-0.25, -0.2) is 4.98 Å². The summed E-state index contributed by atoms with van der Waals surface area (Å²) in [7, 11) is 1.62. The van der Waals surface area contributed by atoms with Crippen molar-refractivity contribution in [1.29, 1.82) is 0 Å². The number of ether oxygens (including phenoxy) is 2. The third kappa shape index (κ3) is 2.41. The summed E-state index contributed by atoms with van der Waals surface area (Å²) in [4.78, 5) is 6.52. The van der Waals surface area contributed by atoms with E-state index >= 15 is 0 Å². The summed E-state index contributed by atoms with van der Waals surface area (Å²) in [6.07, 6.45) is 2.06. The van der Waals surface area contributed by atoms with Crippen molar-refractivity contribution in [1.82, 2.24) is 4.98 Å². The zero-order valence-corrected chi connectivity index (χ0v) is 11.7. The monoisotopic (exact) mass is 270 g/mol. The Morgan fingerprint density at radius 1 is 1.15 bits per heavy atom. The smallest absolute Gasteiger partial charge is 0.213 e. The Bertz CT molecular complexity index is 556. The number of para-hydroxylation sites is 1.